The average Bonchev–Trinajstić information content (AvgIpc) is 3.30. The van der Waals surface area contributed by atoms with Crippen LogP contribution in [0.3, 0.4) is 0 Å². The van der Waals surface area contributed by atoms with E-state index >= 15 is 0 Å². The second kappa shape index (κ2) is 6.48. The summed E-state index contributed by atoms with van der Waals surface area (Å²) in [5.74, 6) is 1.44. The normalized spacial score (nSPS) is 16.0. The van der Waals surface area contributed by atoms with Crippen LogP contribution >= 0.6 is 0 Å². The van der Waals surface area contributed by atoms with Crippen molar-refractivity contribution in [2.75, 3.05) is 13.2 Å². The number of hydrogen-bond acceptors (Lipinski definition) is 3. The first-order valence-corrected chi connectivity index (χ1v) is 8.44. The lowest BCUT2D eigenvalue weighted by molar-refractivity contribution is 0.0947. The van der Waals surface area contributed by atoms with Crippen LogP contribution in [0.2, 0.25) is 0 Å². The minimum atomic E-state index is -0.0549. The van der Waals surface area contributed by atoms with E-state index in [1.54, 1.807) is 12.4 Å². The minimum absolute atomic E-state index is 0.0549. The van der Waals surface area contributed by atoms with Crippen molar-refractivity contribution >= 4 is 5.91 Å². The smallest absolute Gasteiger partial charge is 0.252 e. The minimum Gasteiger partial charge on any atom is -0.493 e. The Balaban J connectivity index is 1.49. The molecule has 1 aromatic carbocycles. The van der Waals surface area contributed by atoms with Crippen molar-refractivity contribution in [1.82, 2.24) is 10.3 Å². The van der Waals surface area contributed by atoms with Crippen LogP contribution in [0.1, 0.15) is 28.8 Å². The molecular weight excluding hydrogens is 300 g/mol. The van der Waals surface area contributed by atoms with Crippen LogP contribution < -0.4 is 10.1 Å². The molecule has 1 aliphatic carbocycles. The molecule has 0 unspecified atom stereocenters. The summed E-state index contributed by atoms with van der Waals surface area (Å²) in [5.41, 5.74) is 3.85. The second-order valence-corrected chi connectivity index (χ2v) is 6.40. The molecule has 4 rings (SSSR count). The molecule has 2 heterocycles. The van der Waals surface area contributed by atoms with E-state index in [1.165, 1.54) is 5.56 Å². The maximum Gasteiger partial charge on any atom is 0.252 e. The lowest BCUT2D eigenvalue weighted by Gasteiger charge is -2.11. The zero-order valence-corrected chi connectivity index (χ0v) is 13.5. The number of carbonyl (C=O) groups is 1. The monoisotopic (exact) mass is 320 g/mol. The highest BCUT2D eigenvalue weighted by Crippen LogP contribution is 2.30. The Morgan fingerprint density at radius 2 is 2.04 bits per heavy atom. The number of benzene rings is 1. The Hall–Kier alpha value is -2.62. The maximum absolute atomic E-state index is 12.4. The molecule has 0 saturated heterocycles. The van der Waals surface area contributed by atoms with Gasteiger partial charge in [0.15, 0.2) is 0 Å². The Morgan fingerprint density at radius 1 is 1.17 bits per heavy atom. The van der Waals surface area contributed by atoms with Gasteiger partial charge >= 0.3 is 0 Å². The zero-order valence-electron chi connectivity index (χ0n) is 13.5. The molecular formula is C20H20N2O2. The molecule has 1 N–H and O–H groups in total. The zero-order chi connectivity index (χ0) is 16.4. The van der Waals surface area contributed by atoms with Gasteiger partial charge in [0.1, 0.15) is 5.75 Å². The van der Waals surface area contributed by atoms with Gasteiger partial charge in [-0.25, -0.2) is 0 Å². The number of nitrogens with one attached hydrogen (secondary N) is 1. The van der Waals surface area contributed by atoms with Crippen LogP contribution in [0.15, 0.2) is 48.8 Å². The number of nitrogens with zero attached hydrogens (tertiary/aromatic N) is 1. The molecule has 0 bridgehead atoms. The molecule has 24 heavy (non-hydrogen) atoms. The van der Waals surface area contributed by atoms with Gasteiger partial charge in [0.05, 0.1) is 12.2 Å². The second-order valence-electron chi connectivity index (χ2n) is 6.40. The molecule has 0 spiro atoms. The van der Waals surface area contributed by atoms with Crippen molar-refractivity contribution in [3.05, 3.63) is 59.9 Å². The molecule has 1 aliphatic heterocycles. The highest BCUT2D eigenvalue weighted by atomic mass is 16.5. The van der Waals surface area contributed by atoms with Gasteiger partial charge in [-0.1, -0.05) is 18.2 Å². The topological polar surface area (TPSA) is 51.2 Å². The number of allylic oxidation sites excluding steroid dienone is 2. The number of fused-ring (bicyclic) bond motifs is 1. The van der Waals surface area contributed by atoms with E-state index in [0.29, 0.717) is 18.0 Å². The molecule has 0 radical (unpaired) electrons. The summed E-state index contributed by atoms with van der Waals surface area (Å²) in [6.07, 6.45) is 10.8. The van der Waals surface area contributed by atoms with Crippen molar-refractivity contribution in [3.8, 4) is 16.9 Å². The third-order valence-electron chi connectivity index (χ3n) is 4.68. The predicted molar refractivity (Wildman–Crippen MR) is 93.1 cm³/mol. The van der Waals surface area contributed by atoms with Gasteiger partial charge in [-0.05, 0) is 48.1 Å². The lowest BCUT2D eigenvalue weighted by atomic mass is 10.0. The summed E-state index contributed by atoms with van der Waals surface area (Å²) in [5, 5.41) is 3.02. The summed E-state index contributed by atoms with van der Waals surface area (Å²) in [4.78, 5) is 16.6. The molecule has 0 atom stereocenters. The number of aromatic nitrogens is 1. The van der Waals surface area contributed by atoms with Crippen LogP contribution in [0.4, 0.5) is 0 Å². The number of hydrogen-bond donors (Lipinski definition) is 1. The standard InChI is InChI=1S/C20H20N2O2/c23-20(22-11-14-3-1-2-4-14)18-10-17(12-21-13-18)15-5-6-19-16(9-15)7-8-24-19/h1-2,5-6,9-10,12-14H,3-4,7-8,11H2,(H,22,23). The fourth-order valence-corrected chi connectivity index (χ4v) is 3.27. The van der Waals surface area contributed by atoms with Crippen LogP contribution in [0, 0.1) is 5.92 Å². The van der Waals surface area contributed by atoms with E-state index in [4.69, 9.17) is 4.74 Å². The molecule has 0 saturated carbocycles. The van der Waals surface area contributed by atoms with Crippen molar-refractivity contribution in [3.63, 3.8) is 0 Å². The average molecular weight is 320 g/mol. The summed E-state index contributed by atoms with van der Waals surface area (Å²) in [6.45, 7) is 1.46. The SMILES string of the molecule is O=C(NCC1CC=CC1)c1cncc(-c2ccc3c(c2)CCO3)c1. The van der Waals surface area contributed by atoms with Crippen LogP contribution in [0.25, 0.3) is 11.1 Å². The first kappa shape index (κ1) is 14.9. The van der Waals surface area contributed by atoms with E-state index in [9.17, 15) is 4.79 Å². The lowest BCUT2D eigenvalue weighted by Crippen LogP contribution is -2.28. The first-order valence-electron chi connectivity index (χ1n) is 8.44. The predicted octanol–water partition coefficient (Wildman–Crippen LogP) is 3.38. The third kappa shape index (κ3) is 3.04. The maximum atomic E-state index is 12.4. The summed E-state index contributed by atoms with van der Waals surface area (Å²) >= 11 is 0. The molecule has 4 nitrogen and oxygen atoms in total. The molecule has 4 heteroatoms. The van der Waals surface area contributed by atoms with E-state index in [-0.39, 0.29) is 5.91 Å². The van der Waals surface area contributed by atoms with Crippen LogP contribution in [0.5, 0.6) is 5.75 Å². The van der Waals surface area contributed by atoms with Gasteiger partial charge < -0.3 is 10.1 Å². The number of amides is 1. The molecule has 122 valence electrons. The highest BCUT2D eigenvalue weighted by molar-refractivity contribution is 5.95. The molecule has 0 fully saturated rings. The van der Waals surface area contributed by atoms with Gasteiger partial charge in [0, 0.05) is 30.9 Å². The van der Waals surface area contributed by atoms with Crippen molar-refractivity contribution < 1.29 is 9.53 Å². The Kier molecular flexibility index (Phi) is 4.03. The largest absolute Gasteiger partial charge is 0.493 e. The third-order valence-corrected chi connectivity index (χ3v) is 4.68. The van der Waals surface area contributed by atoms with Crippen LogP contribution in [-0.4, -0.2) is 24.0 Å². The summed E-state index contributed by atoms with van der Waals surface area (Å²) < 4.78 is 5.55. The first-order chi connectivity index (χ1) is 11.8. The van der Waals surface area contributed by atoms with Gasteiger partial charge in [0.2, 0.25) is 0 Å². The molecule has 2 aromatic rings. The van der Waals surface area contributed by atoms with E-state index in [2.05, 4.69) is 28.5 Å². The Bertz CT molecular complexity index is 790. The summed E-state index contributed by atoms with van der Waals surface area (Å²) in [7, 11) is 0. The summed E-state index contributed by atoms with van der Waals surface area (Å²) in [6, 6.07) is 8.06. The van der Waals surface area contributed by atoms with E-state index < -0.39 is 0 Å². The van der Waals surface area contributed by atoms with E-state index in [1.807, 2.05) is 18.2 Å². The Morgan fingerprint density at radius 3 is 2.92 bits per heavy atom. The van der Waals surface area contributed by atoms with E-state index in [0.717, 1.165) is 42.7 Å². The van der Waals surface area contributed by atoms with Crippen molar-refractivity contribution in [2.45, 2.75) is 19.3 Å². The molecule has 2 aliphatic rings. The van der Waals surface area contributed by atoms with Gasteiger partial charge in [-0.15, -0.1) is 0 Å². The number of ether oxygens (including phenoxy) is 1. The van der Waals surface area contributed by atoms with Crippen molar-refractivity contribution in [1.29, 1.82) is 0 Å². The van der Waals surface area contributed by atoms with Gasteiger partial charge in [0.25, 0.3) is 5.91 Å². The van der Waals surface area contributed by atoms with Gasteiger partial charge in [-0.2, -0.15) is 0 Å². The highest BCUT2D eigenvalue weighted by Gasteiger charge is 2.15. The number of pyridine rings is 1. The molecule has 1 aromatic heterocycles. The Labute approximate surface area is 141 Å². The van der Waals surface area contributed by atoms with Crippen LogP contribution in [-0.2, 0) is 6.42 Å². The fourth-order valence-electron chi connectivity index (χ4n) is 3.27. The number of rotatable bonds is 4. The quantitative estimate of drug-likeness (QED) is 0.879. The fraction of sp³-hybridized carbons (Fsp3) is 0.300. The van der Waals surface area contributed by atoms with Gasteiger partial charge in [-0.3, -0.25) is 9.78 Å². The van der Waals surface area contributed by atoms with Crippen molar-refractivity contribution in [2.24, 2.45) is 5.92 Å². The number of carbonyl (C=O) groups excluding carboxylic acids is 1. The molecule has 1 amide bonds.